The maximum atomic E-state index is 10.3. The van der Waals surface area contributed by atoms with E-state index in [2.05, 4.69) is 11.9 Å². The van der Waals surface area contributed by atoms with Crippen molar-refractivity contribution in [2.45, 2.75) is 57.8 Å². The average Bonchev–Trinajstić information content (AvgIpc) is 2.95. The van der Waals surface area contributed by atoms with Gasteiger partial charge in [-0.2, -0.15) is 0 Å². The Balaban J connectivity index is 1.65. The highest BCUT2D eigenvalue weighted by Crippen LogP contribution is 2.41. The lowest BCUT2D eigenvalue weighted by Crippen LogP contribution is -2.30. The van der Waals surface area contributed by atoms with Gasteiger partial charge in [-0.3, -0.25) is 0 Å². The van der Waals surface area contributed by atoms with Crippen LogP contribution in [0.4, 0.5) is 0 Å². The zero-order chi connectivity index (χ0) is 12.0. The van der Waals surface area contributed by atoms with E-state index in [1.54, 1.807) is 11.3 Å². The van der Waals surface area contributed by atoms with Gasteiger partial charge in [-0.1, -0.05) is 0 Å². The number of fused-ring (bicyclic) bond motifs is 2. The Kier molecular flexibility index (Phi) is 2.97. The average molecular weight is 253 g/mol. The Morgan fingerprint density at radius 2 is 2.29 bits per heavy atom. The Morgan fingerprint density at radius 1 is 1.47 bits per heavy atom. The van der Waals surface area contributed by atoms with Crippen molar-refractivity contribution in [3.63, 3.8) is 0 Å². The molecule has 0 amide bonds. The topological polar surface area (TPSA) is 42.4 Å². The molecule has 1 aromatic rings. The van der Waals surface area contributed by atoms with Gasteiger partial charge >= 0.3 is 0 Å². The van der Waals surface area contributed by atoms with Gasteiger partial charge in [0.15, 0.2) is 0 Å². The van der Waals surface area contributed by atoms with E-state index < -0.39 is 0 Å². The third-order valence-electron chi connectivity index (χ3n) is 4.10. The summed E-state index contributed by atoms with van der Waals surface area (Å²) in [7, 11) is 0. The van der Waals surface area contributed by atoms with Gasteiger partial charge in [0.2, 0.25) is 0 Å². The molecule has 0 aliphatic carbocycles. The molecule has 3 nitrogen and oxygen atoms in total. The van der Waals surface area contributed by atoms with Gasteiger partial charge in [-0.15, -0.1) is 11.3 Å². The maximum absolute atomic E-state index is 10.3. The second-order valence-electron chi connectivity index (χ2n) is 5.29. The molecule has 4 atom stereocenters. The molecule has 2 aliphatic heterocycles. The summed E-state index contributed by atoms with van der Waals surface area (Å²) in [6, 6.07) is 0. The summed E-state index contributed by atoms with van der Waals surface area (Å²) in [6.07, 6.45) is 4.48. The Labute approximate surface area is 106 Å². The molecule has 0 aromatic carbocycles. The normalized spacial score (nSPS) is 33.2. The largest absolute Gasteiger partial charge is 0.392 e. The number of aliphatic hydroxyl groups excluding tert-OH is 1. The minimum Gasteiger partial charge on any atom is -0.392 e. The van der Waals surface area contributed by atoms with Crippen LogP contribution in [0.3, 0.4) is 0 Å². The lowest BCUT2D eigenvalue weighted by atomic mass is 9.84. The van der Waals surface area contributed by atoms with Crippen molar-refractivity contribution in [3.05, 3.63) is 15.6 Å². The molecule has 3 heterocycles. The fraction of sp³-hybridized carbons (Fsp3) is 0.769. The molecule has 2 bridgehead atoms. The van der Waals surface area contributed by atoms with Crippen LogP contribution in [0.25, 0.3) is 0 Å². The third-order valence-corrected chi connectivity index (χ3v) is 5.20. The molecule has 4 unspecified atom stereocenters. The van der Waals surface area contributed by atoms with Gasteiger partial charge in [0, 0.05) is 17.2 Å². The second-order valence-corrected chi connectivity index (χ2v) is 6.58. The smallest absolute Gasteiger partial charge is 0.0956 e. The quantitative estimate of drug-likeness (QED) is 0.898. The summed E-state index contributed by atoms with van der Waals surface area (Å²) >= 11 is 1.71. The molecule has 17 heavy (non-hydrogen) atoms. The molecule has 2 aliphatic rings. The van der Waals surface area contributed by atoms with E-state index in [0.29, 0.717) is 24.5 Å². The summed E-state index contributed by atoms with van der Waals surface area (Å²) in [5, 5.41) is 11.4. The summed E-state index contributed by atoms with van der Waals surface area (Å²) in [5.41, 5.74) is 1.10. The summed E-state index contributed by atoms with van der Waals surface area (Å²) in [4.78, 5) is 5.76. The van der Waals surface area contributed by atoms with E-state index in [9.17, 15) is 5.11 Å². The first-order chi connectivity index (χ1) is 8.13. The number of rotatable bonds is 3. The van der Waals surface area contributed by atoms with Gasteiger partial charge in [0.05, 0.1) is 29.0 Å². The first-order valence-electron chi connectivity index (χ1n) is 6.40. The van der Waals surface area contributed by atoms with Crippen LogP contribution in [0.5, 0.6) is 0 Å². The standard InChI is InChI=1S/C13H19NO2S/c1-7-8(2)17-13(14-7)6-11(15)10-5-9-3-4-12(10)16-9/h9-12,15H,3-6H2,1-2H3. The van der Waals surface area contributed by atoms with Crippen LogP contribution < -0.4 is 0 Å². The molecular weight excluding hydrogens is 234 g/mol. The van der Waals surface area contributed by atoms with Crippen molar-refractivity contribution in [2.75, 3.05) is 0 Å². The number of aliphatic hydroxyl groups is 1. The lowest BCUT2D eigenvalue weighted by Gasteiger charge is -2.23. The number of thiazole rings is 1. The van der Waals surface area contributed by atoms with Crippen LogP contribution in [-0.4, -0.2) is 28.4 Å². The monoisotopic (exact) mass is 253 g/mol. The lowest BCUT2D eigenvalue weighted by molar-refractivity contribution is 0.0431. The first kappa shape index (κ1) is 11.6. The Morgan fingerprint density at radius 3 is 2.82 bits per heavy atom. The predicted molar refractivity (Wildman–Crippen MR) is 67.3 cm³/mol. The third kappa shape index (κ3) is 2.14. The summed E-state index contributed by atoms with van der Waals surface area (Å²) in [6.45, 7) is 4.12. The van der Waals surface area contributed by atoms with Gasteiger partial charge in [-0.25, -0.2) is 4.98 Å². The fourth-order valence-corrected chi connectivity index (χ4v) is 4.02. The van der Waals surface area contributed by atoms with Crippen molar-refractivity contribution in [1.29, 1.82) is 0 Å². The van der Waals surface area contributed by atoms with Gasteiger partial charge in [-0.05, 0) is 33.1 Å². The Bertz CT molecular complexity index is 398. The number of hydrogen-bond donors (Lipinski definition) is 1. The van der Waals surface area contributed by atoms with Crippen molar-refractivity contribution in [2.24, 2.45) is 5.92 Å². The number of ether oxygens (including phenoxy) is 1. The van der Waals surface area contributed by atoms with Crippen LogP contribution in [0.15, 0.2) is 0 Å². The molecule has 94 valence electrons. The van der Waals surface area contributed by atoms with E-state index in [1.165, 1.54) is 11.3 Å². The van der Waals surface area contributed by atoms with Gasteiger partial charge in [0.1, 0.15) is 0 Å². The van der Waals surface area contributed by atoms with E-state index in [1.807, 2.05) is 6.92 Å². The molecule has 0 radical (unpaired) electrons. The summed E-state index contributed by atoms with van der Waals surface area (Å²) < 4.78 is 5.80. The van der Waals surface area contributed by atoms with Crippen molar-refractivity contribution < 1.29 is 9.84 Å². The van der Waals surface area contributed by atoms with Crippen LogP contribution >= 0.6 is 11.3 Å². The molecule has 3 rings (SSSR count). The highest BCUT2D eigenvalue weighted by atomic mass is 32.1. The molecule has 4 heteroatoms. The molecule has 2 fully saturated rings. The predicted octanol–water partition coefficient (Wildman–Crippen LogP) is 2.23. The van der Waals surface area contributed by atoms with Crippen molar-refractivity contribution in [1.82, 2.24) is 4.98 Å². The minimum atomic E-state index is -0.282. The zero-order valence-corrected chi connectivity index (χ0v) is 11.2. The first-order valence-corrected chi connectivity index (χ1v) is 7.21. The fourth-order valence-electron chi connectivity index (χ4n) is 3.04. The molecule has 2 saturated heterocycles. The summed E-state index contributed by atoms with van der Waals surface area (Å²) in [5.74, 6) is 0.332. The minimum absolute atomic E-state index is 0.282. The number of hydrogen-bond acceptors (Lipinski definition) is 4. The number of aromatic nitrogens is 1. The zero-order valence-electron chi connectivity index (χ0n) is 10.3. The van der Waals surface area contributed by atoms with E-state index in [-0.39, 0.29) is 6.10 Å². The second kappa shape index (κ2) is 4.34. The van der Waals surface area contributed by atoms with Crippen LogP contribution in [0, 0.1) is 19.8 Å². The molecular formula is C13H19NO2S. The van der Waals surface area contributed by atoms with Crippen LogP contribution in [-0.2, 0) is 11.2 Å². The molecule has 0 spiro atoms. The van der Waals surface area contributed by atoms with Gasteiger partial charge < -0.3 is 9.84 Å². The van der Waals surface area contributed by atoms with E-state index >= 15 is 0 Å². The van der Waals surface area contributed by atoms with Crippen molar-refractivity contribution in [3.8, 4) is 0 Å². The number of aryl methyl sites for hydroxylation is 2. The van der Waals surface area contributed by atoms with Crippen LogP contribution in [0.2, 0.25) is 0 Å². The number of nitrogens with zero attached hydrogens (tertiary/aromatic N) is 1. The highest BCUT2D eigenvalue weighted by molar-refractivity contribution is 7.11. The molecule has 1 aromatic heterocycles. The molecule has 0 saturated carbocycles. The Hall–Kier alpha value is -0.450. The maximum Gasteiger partial charge on any atom is 0.0956 e. The molecule has 1 N–H and O–H groups in total. The van der Waals surface area contributed by atoms with Crippen molar-refractivity contribution >= 4 is 11.3 Å². The SMILES string of the molecule is Cc1nc(CC(O)C2CC3CCC2O3)sc1C. The highest BCUT2D eigenvalue weighted by Gasteiger charge is 2.44. The van der Waals surface area contributed by atoms with E-state index in [4.69, 9.17) is 4.74 Å². The van der Waals surface area contributed by atoms with E-state index in [0.717, 1.165) is 23.5 Å². The van der Waals surface area contributed by atoms with Crippen LogP contribution in [0.1, 0.15) is 34.8 Å². The van der Waals surface area contributed by atoms with Gasteiger partial charge in [0.25, 0.3) is 0 Å².